The zero-order chi connectivity index (χ0) is 25.1. The Morgan fingerprint density at radius 1 is 0.889 bits per heavy atom. The molecule has 7 unspecified atom stereocenters. The molecule has 4 aliphatic rings. The molecule has 2 aromatic rings. The number of aromatic nitrogens is 2. The van der Waals surface area contributed by atoms with Gasteiger partial charge in [-0.1, -0.05) is 84.2 Å². The van der Waals surface area contributed by atoms with Gasteiger partial charge in [0.1, 0.15) is 0 Å². The van der Waals surface area contributed by atoms with Gasteiger partial charge in [0.05, 0.1) is 0 Å². The molecule has 0 radical (unpaired) electrons. The minimum atomic E-state index is 0.281. The van der Waals surface area contributed by atoms with Gasteiger partial charge in [0, 0.05) is 22.5 Å². The molecular weight excluding hydrogens is 436 g/mol. The molecule has 0 N–H and O–H groups in total. The average molecular weight is 485 g/mol. The number of benzene rings is 1. The van der Waals surface area contributed by atoms with Crippen molar-refractivity contribution in [3.8, 4) is 11.4 Å². The summed E-state index contributed by atoms with van der Waals surface area (Å²) in [5.41, 5.74) is 6.36. The van der Waals surface area contributed by atoms with Crippen molar-refractivity contribution in [2.75, 3.05) is 0 Å². The van der Waals surface area contributed by atoms with Gasteiger partial charge in [0.2, 0.25) is 0 Å². The third-order valence-electron chi connectivity index (χ3n) is 11.7. The predicted octanol–water partition coefficient (Wildman–Crippen LogP) is 8.81. The fourth-order valence-corrected chi connectivity index (χ4v) is 9.99. The maximum Gasteiger partial charge on any atom is 0.159 e. The first-order valence-electron chi connectivity index (χ1n) is 15.3. The minimum absolute atomic E-state index is 0.281. The summed E-state index contributed by atoms with van der Waals surface area (Å²) in [6.45, 7) is 12.7. The Kier molecular flexibility index (Phi) is 6.32. The lowest BCUT2D eigenvalue weighted by Gasteiger charge is -2.58. The summed E-state index contributed by atoms with van der Waals surface area (Å²) in [5, 5.41) is 0. The molecule has 7 atom stereocenters. The van der Waals surface area contributed by atoms with E-state index in [4.69, 9.17) is 9.97 Å². The lowest BCUT2D eigenvalue weighted by atomic mass is 9.46. The molecule has 1 heterocycles. The van der Waals surface area contributed by atoms with Crippen LogP contribution in [0.3, 0.4) is 0 Å². The maximum absolute atomic E-state index is 5.35. The molecule has 1 aromatic heterocycles. The largest absolute Gasteiger partial charge is 0.233 e. The monoisotopic (exact) mass is 484 g/mol. The Morgan fingerprint density at radius 3 is 2.44 bits per heavy atom. The standard InChI is InChI=1S/C34H48N2/c1-22(2)11-9-12-23(3)26-16-17-27-25-21-30-31-29(35-32(36-30)24-13-7-6-8-14-24)15-10-19-34(31,5)28(25)18-20-33(26,27)4/h6-8,13-14,22-23,25-28H,9-12,15-21H2,1-5H3. The van der Waals surface area contributed by atoms with Crippen LogP contribution in [0.25, 0.3) is 11.4 Å². The van der Waals surface area contributed by atoms with E-state index in [1.165, 1.54) is 81.2 Å². The van der Waals surface area contributed by atoms with Gasteiger partial charge in [0.25, 0.3) is 0 Å². The Morgan fingerprint density at radius 2 is 1.67 bits per heavy atom. The van der Waals surface area contributed by atoms with Gasteiger partial charge in [-0.15, -0.1) is 0 Å². The molecule has 2 fully saturated rings. The lowest BCUT2D eigenvalue weighted by Crippen LogP contribution is -2.53. The van der Waals surface area contributed by atoms with Gasteiger partial charge in [-0.3, -0.25) is 0 Å². The highest BCUT2D eigenvalue weighted by molar-refractivity contribution is 5.57. The molecule has 2 nitrogen and oxygen atoms in total. The van der Waals surface area contributed by atoms with E-state index in [0.717, 1.165) is 47.8 Å². The van der Waals surface area contributed by atoms with Crippen LogP contribution in [0.1, 0.15) is 109 Å². The van der Waals surface area contributed by atoms with Crippen LogP contribution in [-0.4, -0.2) is 9.97 Å². The molecule has 0 amide bonds. The second kappa shape index (κ2) is 9.25. The molecule has 0 saturated heterocycles. The van der Waals surface area contributed by atoms with Crippen molar-refractivity contribution >= 4 is 0 Å². The molecule has 4 aliphatic carbocycles. The summed E-state index contributed by atoms with van der Waals surface area (Å²) in [5.74, 6) is 6.09. The third kappa shape index (κ3) is 3.88. The van der Waals surface area contributed by atoms with E-state index in [-0.39, 0.29) is 5.41 Å². The van der Waals surface area contributed by atoms with E-state index in [1.54, 1.807) is 5.56 Å². The molecule has 0 spiro atoms. The highest BCUT2D eigenvalue weighted by atomic mass is 14.9. The first kappa shape index (κ1) is 24.6. The second-order valence-electron chi connectivity index (χ2n) is 14.1. The van der Waals surface area contributed by atoms with Crippen LogP contribution in [-0.2, 0) is 18.3 Å². The molecule has 2 saturated carbocycles. The van der Waals surface area contributed by atoms with Gasteiger partial charge in [-0.2, -0.15) is 0 Å². The number of hydrogen-bond acceptors (Lipinski definition) is 2. The summed E-state index contributed by atoms with van der Waals surface area (Å²) in [4.78, 5) is 10.6. The second-order valence-corrected chi connectivity index (χ2v) is 14.1. The topological polar surface area (TPSA) is 25.8 Å². The zero-order valence-corrected chi connectivity index (χ0v) is 23.5. The molecule has 6 rings (SSSR count). The number of rotatable bonds is 6. The highest BCUT2D eigenvalue weighted by Gasteiger charge is 2.60. The van der Waals surface area contributed by atoms with Crippen LogP contribution in [0.2, 0.25) is 0 Å². The summed E-state index contributed by atoms with van der Waals surface area (Å²) in [6, 6.07) is 10.7. The van der Waals surface area contributed by atoms with Crippen molar-refractivity contribution in [3.05, 3.63) is 47.3 Å². The molecular formula is C34H48N2. The van der Waals surface area contributed by atoms with E-state index >= 15 is 0 Å². The van der Waals surface area contributed by atoms with E-state index in [2.05, 4.69) is 65.0 Å². The Hall–Kier alpha value is -1.70. The van der Waals surface area contributed by atoms with Crippen molar-refractivity contribution in [2.24, 2.45) is 40.9 Å². The quantitative estimate of drug-likeness (QED) is 0.409. The van der Waals surface area contributed by atoms with Crippen LogP contribution >= 0.6 is 0 Å². The number of fused-ring (bicyclic) bond motifs is 4. The molecule has 1 aromatic carbocycles. The summed E-state index contributed by atoms with van der Waals surface area (Å²) in [6.07, 6.45) is 15.0. The van der Waals surface area contributed by atoms with E-state index in [9.17, 15) is 0 Å². The van der Waals surface area contributed by atoms with Crippen LogP contribution in [0.4, 0.5) is 0 Å². The van der Waals surface area contributed by atoms with Crippen molar-refractivity contribution in [3.63, 3.8) is 0 Å². The Balaban J connectivity index is 1.32. The normalized spacial score (nSPS) is 35.7. The van der Waals surface area contributed by atoms with Crippen molar-refractivity contribution < 1.29 is 0 Å². The number of nitrogens with zero attached hydrogens (tertiary/aromatic N) is 2. The van der Waals surface area contributed by atoms with E-state index in [1.807, 2.05) is 0 Å². The van der Waals surface area contributed by atoms with Gasteiger partial charge < -0.3 is 0 Å². The number of aryl methyl sites for hydroxylation is 1. The van der Waals surface area contributed by atoms with Crippen LogP contribution in [0.15, 0.2) is 30.3 Å². The first-order chi connectivity index (χ1) is 17.3. The Bertz CT molecular complexity index is 1090. The molecule has 2 heteroatoms. The predicted molar refractivity (Wildman–Crippen MR) is 150 cm³/mol. The fraction of sp³-hybridized carbons (Fsp3) is 0.706. The SMILES string of the molecule is CC(C)CCCC(C)C1CCC2C3Cc4nc(-c5ccccc5)nc5c4C(C)(CCC5)C3CCC12C. The molecule has 194 valence electrons. The summed E-state index contributed by atoms with van der Waals surface area (Å²) < 4.78 is 0. The van der Waals surface area contributed by atoms with Gasteiger partial charge in [-0.05, 0) is 97.7 Å². The van der Waals surface area contributed by atoms with Gasteiger partial charge >= 0.3 is 0 Å². The zero-order valence-electron chi connectivity index (χ0n) is 23.5. The van der Waals surface area contributed by atoms with Crippen molar-refractivity contribution in [1.82, 2.24) is 9.97 Å². The molecule has 0 bridgehead atoms. The van der Waals surface area contributed by atoms with E-state index < -0.39 is 0 Å². The summed E-state index contributed by atoms with van der Waals surface area (Å²) in [7, 11) is 0. The van der Waals surface area contributed by atoms with Crippen molar-refractivity contribution in [1.29, 1.82) is 0 Å². The smallest absolute Gasteiger partial charge is 0.159 e. The van der Waals surface area contributed by atoms with E-state index in [0.29, 0.717) is 5.41 Å². The third-order valence-corrected chi connectivity index (χ3v) is 11.7. The fourth-order valence-electron chi connectivity index (χ4n) is 9.99. The first-order valence-corrected chi connectivity index (χ1v) is 15.3. The van der Waals surface area contributed by atoms with Gasteiger partial charge in [-0.25, -0.2) is 9.97 Å². The molecule has 36 heavy (non-hydrogen) atoms. The molecule has 0 aliphatic heterocycles. The number of hydrogen-bond donors (Lipinski definition) is 0. The summed E-state index contributed by atoms with van der Waals surface area (Å²) >= 11 is 0. The lowest BCUT2D eigenvalue weighted by molar-refractivity contribution is -0.0393. The van der Waals surface area contributed by atoms with Crippen LogP contribution in [0, 0.1) is 40.9 Å². The van der Waals surface area contributed by atoms with Crippen LogP contribution < -0.4 is 0 Å². The maximum atomic E-state index is 5.35. The van der Waals surface area contributed by atoms with Crippen LogP contribution in [0.5, 0.6) is 0 Å². The average Bonchev–Trinajstić information content (AvgIpc) is 3.22. The van der Waals surface area contributed by atoms with Gasteiger partial charge in [0.15, 0.2) is 5.82 Å². The highest BCUT2D eigenvalue weighted by Crippen LogP contribution is 2.66. The minimum Gasteiger partial charge on any atom is -0.233 e. The van der Waals surface area contributed by atoms with Crippen molar-refractivity contribution in [2.45, 2.75) is 111 Å². The Labute approximate surface area is 220 Å².